The number of nitrogens with one attached hydrogen (secondary N) is 3. The van der Waals surface area contributed by atoms with Gasteiger partial charge < -0.3 is 10.6 Å². The second-order valence-corrected chi connectivity index (χ2v) is 4.57. The molecule has 3 amide bonds. The molecule has 17 heavy (non-hydrogen) atoms. The molecule has 6 heteroatoms. The van der Waals surface area contributed by atoms with Crippen LogP contribution in [0.3, 0.4) is 0 Å². The van der Waals surface area contributed by atoms with E-state index in [1.807, 2.05) is 13.8 Å². The third kappa shape index (κ3) is 4.95. The summed E-state index contributed by atoms with van der Waals surface area (Å²) in [5.74, 6) is -0.199. The average molecular weight is 241 g/mol. The fraction of sp³-hybridized carbons (Fsp3) is 0.727. The van der Waals surface area contributed by atoms with E-state index in [0.29, 0.717) is 25.4 Å². The molecule has 6 nitrogen and oxygen atoms in total. The van der Waals surface area contributed by atoms with Crippen LogP contribution in [-0.2, 0) is 14.4 Å². The predicted octanol–water partition coefficient (Wildman–Crippen LogP) is -0.847. The van der Waals surface area contributed by atoms with Crippen molar-refractivity contribution in [2.45, 2.75) is 32.7 Å². The van der Waals surface area contributed by atoms with Crippen molar-refractivity contribution in [3.63, 3.8) is 0 Å². The topological polar surface area (TPSA) is 87.3 Å². The molecule has 1 aliphatic heterocycles. The summed E-state index contributed by atoms with van der Waals surface area (Å²) in [7, 11) is 0. The number of carbonyl (C=O) groups excluding carboxylic acids is 3. The minimum Gasteiger partial charge on any atom is -0.356 e. The zero-order valence-corrected chi connectivity index (χ0v) is 10.2. The van der Waals surface area contributed by atoms with E-state index in [1.54, 1.807) is 0 Å². The Balaban J connectivity index is 2.13. The van der Waals surface area contributed by atoms with Crippen molar-refractivity contribution >= 4 is 17.7 Å². The van der Waals surface area contributed by atoms with Crippen molar-refractivity contribution in [2.24, 2.45) is 5.92 Å². The average Bonchev–Trinajstić information content (AvgIpc) is 2.55. The van der Waals surface area contributed by atoms with Gasteiger partial charge in [-0.3, -0.25) is 19.7 Å². The quantitative estimate of drug-likeness (QED) is 0.529. The Kier molecular flexibility index (Phi) is 5.09. The first-order chi connectivity index (χ1) is 7.99. The molecular formula is C11H19N3O3. The van der Waals surface area contributed by atoms with Gasteiger partial charge >= 0.3 is 0 Å². The zero-order chi connectivity index (χ0) is 12.8. The molecule has 1 heterocycles. The minimum atomic E-state index is -0.486. The Morgan fingerprint density at radius 1 is 1.47 bits per heavy atom. The monoisotopic (exact) mass is 241 g/mol. The van der Waals surface area contributed by atoms with E-state index in [9.17, 15) is 14.4 Å². The van der Waals surface area contributed by atoms with Crippen molar-refractivity contribution in [1.29, 1.82) is 0 Å². The third-order valence-electron chi connectivity index (χ3n) is 2.42. The second-order valence-electron chi connectivity index (χ2n) is 4.57. The summed E-state index contributed by atoms with van der Waals surface area (Å²) in [6.45, 7) is 5.09. The van der Waals surface area contributed by atoms with Gasteiger partial charge in [0, 0.05) is 19.5 Å². The first-order valence-electron chi connectivity index (χ1n) is 5.83. The first-order valence-corrected chi connectivity index (χ1v) is 5.83. The zero-order valence-electron chi connectivity index (χ0n) is 10.2. The fourth-order valence-electron chi connectivity index (χ4n) is 1.48. The summed E-state index contributed by atoms with van der Waals surface area (Å²) in [5.41, 5.74) is 0. The lowest BCUT2D eigenvalue weighted by atomic mass is 10.2. The summed E-state index contributed by atoms with van der Waals surface area (Å²) in [6, 6.07) is -0.486. The molecule has 0 bridgehead atoms. The van der Waals surface area contributed by atoms with Crippen LogP contribution in [0.1, 0.15) is 26.7 Å². The maximum atomic E-state index is 11.3. The van der Waals surface area contributed by atoms with Crippen LogP contribution >= 0.6 is 0 Å². The molecule has 96 valence electrons. The SMILES string of the molecule is CC(C)CNC(=O)CCNC1CC(=O)NC1=O. The Hall–Kier alpha value is -1.43. The Labute approximate surface area is 101 Å². The van der Waals surface area contributed by atoms with Gasteiger partial charge in [-0.1, -0.05) is 13.8 Å². The first kappa shape index (κ1) is 13.6. The highest BCUT2D eigenvalue weighted by atomic mass is 16.2. The molecule has 0 aliphatic carbocycles. The van der Waals surface area contributed by atoms with E-state index in [2.05, 4.69) is 16.0 Å². The van der Waals surface area contributed by atoms with Crippen molar-refractivity contribution in [1.82, 2.24) is 16.0 Å². The van der Waals surface area contributed by atoms with E-state index < -0.39 is 6.04 Å². The molecular weight excluding hydrogens is 222 g/mol. The lowest BCUT2D eigenvalue weighted by Gasteiger charge is -2.10. The minimum absolute atomic E-state index is 0.0454. The molecule has 1 fully saturated rings. The van der Waals surface area contributed by atoms with Crippen LogP contribution in [0.2, 0.25) is 0 Å². The van der Waals surface area contributed by atoms with E-state index in [-0.39, 0.29) is 24.1 Å². The normalized spacial score (nSPS) is 19.6. The molecule has 3 N–H and O–H groups in total. The highest BCUT2D eigenvalue weighted by molar-refractivity contribution is 6.05. The molecule has 1 aliphatic rings. The maximum absolute atomic E-state index is 11.3. The molecule has 1 saturated heterocycles. The second kappa shape index (κ2) is 6.34. The molecule has 0 radical (unpaired) electrons. The number of hydrogen-bond donors (Lipinski definition) is 3. The van der Waals surface area contributed by atoms with Crippen molar-refractivity contribution in [3.05, 3.63) is 0 Å². The standard InChI is InChI=1S/C11H19N3O3/c1-7(2)6-13-9(15)3-4-12-8-5-10(16)14-11(8)17/h7-8,12H,3-6H2,1-2H3,(H,13,15)(H,14,16,17). The number of imide groups is 1. The van der Waals surface area contributed by atoms with Crippen LogP contribution in [0, 0.1) is 5.92 Å². The summed E-state index contributed by atoms with van der Waals surface area (Å²) in [5, 5.41) is 7.87. The van der Waals surface area contributed by atoms with Gasteiger partial charge in [-0.2, -0.15) is 0 Å². The van der Waals surface area contributed by atoms with Gasteiger partial charge in [0.1, 0.15) is 0 Å². The predicted molar refractivity (Wildman–Crippen MR) is 62.0 cm³/mol. The van der Waals surface area contributed by atoms with Crippen molar-refractivity contribution < 1.29 is 14.4 Å². The summed E-state index contributed by atoms with van der Waals surface area (Å²) < 4.78 is 0. The van der Waals surface area contributed by atoms with Gasteiger partial charge in [0.05, 0.1) is 12.5 Å². The Morgan fingerprint density at radius 2 is 2.18 bits per heavy atom. The van der Waals surface area contributed by atoms with Gasteiger partial charge in [-0.25, -0.2) is 0 Å². The lowest BCUT2D eigenvalue weighted by Crippen LogP contribution is -2.38. The molecule has 0 aromatic carbocycles. The smallest absolute Gasteiger partial charge is 0.244 e. The van der Waals surface area contributed by atoms with Crippen LogP contribution in [0.15, 0.2) is 0 Å². The number of carbonyl (C=O) groups is 3. The largest absolute Gasteiger partial charge is 0.356 e. The van der Waals surface area contributed by atoms with Crippen LogP contribution in [-0.4, -0.2) is 36.9 Å². The van der Waals surface area contributed by atoms with Gasteiger partial charge in [0.2, 0.25) is 17.7 Å². The van der Waals surface area contributed by atoms with Crippen molar-refractivity contribution in [3.8, 4) is 0 Å². The van der Waals surface area contributed by atoms with E-state index in [4.69, 9.17) is 0 Å². The van der Waals surface area contributed by atoms with E-state index in [0.717, 1.165) is 0 Å². The fourth-order valence-corrected chi connectivity index (χ4v) is 1.48. The molecule has 0 saturated carbocycles. The molecule has 1 rings (SSSR count). The summed E-state index contributed by atoms with van der Waals surface area (Å²) in [6.07, 6.45) is 0.469. The van der Waals surface area contributed by atoms with Gasteiger partial charge in [0.15, 0.2) is 0 Å². The van der Waals surface area contributed by atoms with Crippen LogP contribution in [0.5, 0.6) is 0 Å². The molecule has 1 atom stereocenters. The van der Waals surface area contributed by atoms with Gasteiger partial charge in [-0.05, 0) is 5.92 Å². The Morgan fingerprint density at radius 3 is 2.71 bits per heavy atom. The number of amides is 3. The van der Waals surface area contributed by atoms with Crippen LogP contribution in [0.25, 0.3) is 0 Å². The lowest BCUT2D eigenvalue weighted by molar-refractivity contribution is -0.125. The van der Waals surface area contributed by atoms with Gasteiger partial charge in [-0.15, -0.1) is 0 Å². The number of hydrogen-bond acceptors (Lipinski definition) is 4. The van der Waals surface area contributed by atoms with E-state index in [1.165, 1.54) is 0 Å². The Bertz CT molecular complexity index is 315. The van der Waals surface area contributed by atoms with E-state index >= 15 is 0 Å². The highest BCUT2D eigenvalue weighted by Gasteiger charge is 2.29. The number of rotatable bonds is 6. The maximum Gasteiger partial charge on any atom is 0.244 e. The molecule has 1 unspecified atom stereocenters. The molecule has 0 spiro atoms. The van der Waals surface area contributed by atoms with Crippen LogP contribution < -0.4 is 16.0 Å². The third-order valence-corrected chi connectivity index (χ3v) is 2.42. The van der Waals surface area contributed by atoms with Crippen LogP contribution in [0.4, 0.5) is 0 Å². The van der Waals surface area contributed by atoms with Crippen molar-refractivity contribution in [2.75, 3.05) is 13.1 Å². The molecule has 0 aromatic heterocycles. The molecule has 0 aromatic rings. The highest BCUT2D eigenvalue weighted by Crippen LogP contribution is 2.00. The summed E-state index contributed by atoms with van der Waals surface area (Å²) >= 11 is 0. The summed E-state index contributed by atoms with van der Waals surface area (Å²) in [4.78, 5) is 33.4. The van der Waals surface area contributed by atoms with Gasteiger partial charge in [0.25, 0.3) is 0 Å².